The van der Waals surface area contributed by atoms with E-state index >= 15 is 0 Å². The molecule has 4 nitrogen and oxygen atoms in total. The number of aromatic nitrogens is 1. The van der Waals surface area contributed by atoms with Crippen LogP contribution in [-0.4, -0.2) is 10.6 Å². The van der Waals surface area contributed by atoms with Gasteiger partial charge in [0.1, 0.15) is 0 Å². The Bertz CT molecular complexity index is 2970. The highest BCUT2D eigenvalue weighted by atomic mass is 15.2. The molecule has 0 N–H and O–H groups in total. The Morgan fingerprint density at radius 1 is 0.414 bits per heavy atom. The molecule has 8 aromatic carbocycles. The molecule has 1 aromatic heterocycles. The highest BCUT2D eigenvalue weighted by molar-refractivity contribution is 6.10. The van der Waals surface area contributed by atoms with Crippen molar-refractivity contribution in [3.63, 3.8) is 0 Å². The van der Waals surface area contributed by atoms with Gasteiger partial charge in [0.05, 0.1) is 17.1 Å². The summed E-state index contributed by atoms with van der Waals surface area (Å²) in [6.45, 7) is 0. The molecule has 2 heterocycles. The summed E-state index contributed by atoms with van der Waals surface area (Å²) >= 11 is 0. The predicted octanol–water partition coefficient (Wildman–Crippen LogP) is 14.3. The largest absolute Gasteiger partial charge is 0.333 e. The summed E-state index contributed by atoms with van der Waals surface area (Å²) < 4.78 is 2.37. The fourth-order valence-electron chi connectivity index (χ4n) is 9.09. The monoisotopic (exact) mass is 744 g/mol. The Morgan fingerprint density at radius 2 is 0.931 bits per heavy atom. The van der Waals surface area contributed by atoms with E-state index in [1.165, 1.54) is 50.0 Å². The van der Waals surface area contributed by atoms with E-state index in [1.54, 1.807) is 0 Å². The molecule has 1 unspecified atom stereocenters. The Balaban J connectivity index is 1.00. The summed E-state index contributed by atoms with van der Waals surface area (Å²) in [5, 5.41) is 2.46. The zero-order chi connectivity index (χ0) is 38.4. The summed E-state index contributed by atoms with van der Waals surface area (Å²) in [5.41, 5.74) is 15.4. The molecular formula is C54H40N4. The highest BCUT2D eigenvalue weighted by Gasteiger charge is 2.36. The van der Waals surface area contributed by atoms with Crippen LogP contribution < -0.4 is 14.7 Å². The van der Waals surface area contributed by atoms with Crippen molar-refractivity contribution in [3.05, 3.63) is 236 Å². The molecule has 11 rings (SSSR count). The first-order chi connectivity index (χ1) is 28.8. The van der Waals surface area contributed by atoms with Crippen molar-refractivity contribution in [1.29, 1.82) is 0 Å². The maximum atomic E-state index is 2.50. The maximum absolute atomic E-state index is 2.50. The molecule has 0 saturated carbocycles. The number of benzene rings is 8. The minimum Gasteiger partial charge on any atom is -0.333 e. The SMILES string of the molecule is C1=C2c3ccccc3N(c3ccccc3)C2CC=C1N(c1ccccc1)c1ccc(N(c2ccccc2)c2ccc3c(c2)c2ccccc2n3-c2ccccc2)cc1. The van der Waals surface area contributed by atoms with Crippen LogP contribution in [0.1, 0.15) is 12.0 Å². The van der Waals surface area contributed by atoms with E-state index in [-0.39, 0.29) is 6.04 Å². The first-order valence-corrected chi connectivity index (χ1v) is 20.0. The average Bonchev–Trinajstić information content (AvgIpc) is 3.81. The topological polar surface area (TPSA) is 14.7 Å². The van der Waals surface area contributed by atoms with Gasteiger partial charge in [-0.2, -0.15) is 0 Å². The van der Waals surface area contributed by atoms with Crippen molar-refractivity contribution >= 4 is 67.2 Å². The smallest absolute Gasteiger partial charge is 0.0634 e. The number of hydrogen-bond donors (Lipinski definition) is 0. The van der Waals surface area contributed by atoms with Crippen LogP contribution in [0.3, 0.4) is 0 Å². The number of nitrogens with zero attached hydrogens (tertiary/aromatic N) is 4. The van der Waals surface area contributed by atoms with Crippen LogP contribution in [0, 0.1) is 0 Å². The molecular weight excluding hydrogens is 705 g/mol. The molecule has 1 aliphatic carbocycles. The van der Waals surface area contributed by atoms with E-state index in [0.717, 1.165) is 40.5 Å². The Labute approximate surface area is 339 Å². The van der Waals surface area contributed by atoms with Crippen molar-refractivity contribution in [2.45, 2.75) is 12.5 Å². The average molecular weight is 745 g/mol. The van der Waals surface area contributed by atoms with Crippen LogP contribution in [0.2, 0.25) is 0 Å². The van der Waals surface area contributed by atoms with Crippen LogP contribution in [-0.2, 0) is 0 Å². The Hall–Kier alpha value is -7.56. The Kier molecular flexibility index (Phi) is 8.25. The summed E-state index contributed by atoms with van der Waals surface area (Å²) in [6, 6.07) is 76.6. The molecule has 1 aliphatic heterocycles. The van der Waals surface area contributed by atoms with Gasteiger partial charge in [0.25, 0.3) is 0 Å². The summed E-state index contributed by atoms with van der Waals surface area (Å²) in [6.07, 6.45) is 5.72. The first kappa shape index (κ1) is 33.8. The molecule has 1 atom stereocenters. The fraction of sp³-hybridized carbons (Fsp3) is 0.0370. The molecule has 2 aliphatic rings. The second-order valence-electron chi connectivity index (χ2n) is 15.0. The third-order valence-electron chi connectivity index (χ3n) is 11.6. The van der Waals surface area contributed by atoms with Crippen LogP contribution in [0.5, 0.6) is 0 Å². The van der Waals surface area contributed by atoms with Gasteiger partial charge in [-0.3, -0.25) is 0 Å². The van der Waals surface area contributed by atoms with E-state index in [2.05, 4.69) is 244 Å². The standard InChI is InChI=1S/C54H40N4/c1-5-17-39(18-6-1)55(45-33-35-53-49(37-45)47-25-13-15-27-51(47)57(53)41-21-9-3-10-22-41)43-29-31-44(32-30-43)56(40-19-7-2-8-20-40)46-34-36-54-50(38-46)48-26-14-16-28-52(48)58(54)42-23-11-4-12-24-42/h1-35,37-38,54H,36H2. The quantitative estimate of drug-likeness (QED) is 0.154. The van der Waals surface area contributed by atoms with Gasteiger partial charge in [0, 0.05) is 67.5 Å². The van der Waals surface area contributed by atoms with E-state index in [0.29, 0.717) is 0 Å². The minimum absolute atomic E-state index is 0.238. The lowest BCUT2D eigenvalue weighted by atomic mass is 9.93. The second-order valence-corrected chi connectivity index (χ2v) is 15.0. The molecule has 0 amide bonds. The lowest BCUT2D eigenvalue weighted by molar-refractivity contribution is 0.820. The molecule has 0 bridgehead atoms. The molecule has 9 aromatic rings. The summed E-state index contributed by atoms with van der Waals surface area (Å²) in [7, 11) is 0. The van der Waals surface area contributed by atoms with Gasteiger partial charge in [0.15, 0.2) is 0 Å². The maximum Gasteiger partial charge on any atom is 0.0634 e. The zero-order valence-corrected chi connectivity index (χ0v) is 31.9. The van der Waals surface area contributed by atoms with E-state index < -0.39 is 0 Å². The van der Waals surface area contributed by atoms with E-state index in [1.807, 2.05) is 0 Å². The summed E-state index contributed by atoms with van der Waals surface area (Å²) in [4.78, 5) is 7.27. The number of allylic oxidation sites excluding steroid dienone is 1. The molecule has 0 radical (unpaired) electrons. The van der Waals surface area contributed by atoms with Gasteiger partial charge in [-0.05, 0) is 121 Å². The van der Waals surface area contributed by atoms with Crippen LogP contribution in [0.4, 0.5) is 39.8 Å². The number of hydrogen-bond acceptors (Lipinski definition) is 3. The van der Waals surface area contributed by atoms with Crippen molar-refractivity contribution in [3.8, 4) is 5.69 Å². The third kappa shape index (κ3) is 5.69. The number of anilines is 7. The lowest BCUT2D eigenvalue weighted by Crippen LogP contribution is -2.29. The number of rotatable bonds is 8. The fourth-order valence-corrected chi connectivity index (χ4v) is 9.09. The van der Waals surface area contributed by atoms with Crippen molar-refractivity contribution < 1.29 is 0 Å². The van der Waals surface area contributed by atoms with Crippen LogP contribution in [0.15, 0.2) is 230 Å². The van der Waals surface area contributed by atoms with Gasteiger partial charge in [0.2, 0.25) is 0 Å². The molecule has 0 fully saturated rings. The second kappa shape index (κ2) is 14.2. The van der Waals surface area contributed by atoms with E-state index in [9.17, 15) is 0 Å². The number of fused-ring (bicyclic) bond motifs is 6. The van der Waals surface area contributed by atoms with Gasteiger partial charge in [-0.25, -0.2) is 0 Å². The zero-order valence-electron chi connectivity index (χ0n) is 31.9. The Morgan fingerprint density at radius 3 is 1.64 bits per heavy atom. The third-order valence-corrected chi connectivity index (χ3v) is 11.6. The van der Waals surface area contributed by atoms with Crippen molar-refractivity contribution in [1.82, 2.24) is 4.57 Å². The van der Waals surface area contributed by atoms with Crippen molar-refractivity contribution in [2.75, 3.05) is 14.7 Å². The minimum atomic E-state index is 0.238. The summed E-state index contributed by atoms with van der Waals surface area (Å²) in [5.74, 6) is 0. The molecule has 58 heavy (non-hydrogen) atoms. The van der Waals surface area contributed by atoms with Crippen molar-refractivity contribution in [2.24, 2.45) is 0 Å². The first-order valence-electron chi connectivity index (χ1n) is 20.0. The molecule has 4 heteroatoms. The normalized spacial score (nSPS) is 14.5. The number of para-hydroxylation sites is 6. The van der Waals surface area contributed by atoms with Gasteiger partial charge < -0.3 is 19.3 Å². The highest BCUT2D eigenvalue weighted by Crippen LogP contribution is 2.49. The lowest BCUT2D eigenvalue weighted by Gasteiger charge is -2.33. The van der Waals surface area contributed by atoms with Gasteiger partial charge in [-0.15, -0.1) is 0 Å². The van der Waals surface area contributed by atoms with Gasteiger partial charge in [-0.1, -0.05) is 115 Å². The van der Waals surface area contributed by atoms with Crippen LogP contribution >= 0.6 is 0 Å². The van der Waals surface area contributed by atoms with Gasteiger partial charge >= 0.3 is 0 Å². The van der Waals surface area contributed by atoms with Crippen LogP contribution in [0.25, 0.3) is 33.1 Å². The molecule has 0 saturated heterocycles. The molecule has 276 valence electrons. The molecule has 0 spiro atoms. The van der Waals surface area contributed by atoms with E-state index in [4.69, 9.17) is 0 Å². The predicted molar refractivity (Wildman–Crippen MR) is 244 cm³/mol.